The fourth-order valence-corrected chi connectivity index (χ4v) is 2.69. The molecule has 0 aromatic rings. The van der Waals surface area contributed by atoms with Crippen molar-refractivity contribution < 1.29 is 18.0 Å². The molecule has 1 heterocycles. The van der Waals surface area contributed by atoms with Gasteiger partial charge in [-0.1, -0.05) is 13.8 Å². The number of halogens is 3. The molecule has 1 saturated heterocycles. The van der Waals surface area contributed by atoms with Crippen molar-refractivity contribution in [2.45, 2.75) is 45.3 Å². The van der Waals surface area contributed by atoms with Crippen LogP contribution in [-0.2, 0) is 4.79 Å². The van der Waals surface area contributed by atoms with Gasteiger partial charge in [0.25, 0.3) is 0 Å². The third-order valence-corrected chi connectivity index (χ3v) is 3.84. The summed E-state index contributed by atoms with van der Waals surface area (Å²) in [5.41, 5.74) is 0. The number of amides is 1. The molecule has 0 radical (unpaired) electrons. The molecule has 0 bridgehead atoms. The van der Waals surface area contributed by atoms with E-state index in [0.717, 1.165) is 31.0 Å². The second-order valence-electron chi connectivity index (χ2n) is 5.49. The topological polar surface area (TPSA) is 35.6 Å². The van der Waals surface area contributed by atoms with Crippen molar-refractivity contribution in [1.29, 1.82) is 0 Å². The summed E-state index contributed by atoms with van der Waals surface area (Å²) in [6.45, 7) is 5.69. The Morgan fingerprint density at radius 3 is 2.48 bits per heavy atom. The smallest absolute Gasteiger partial charge is 0.330 e. The molecule has 0 saturated carbocycles. The first-order valence-corrected chi connectivity index (χ1v) is 7.66. The van der Waals surface area contributed by atoms with E-state index in [1.807, 2.05) is 18.7 Å². The highest BCUT2D eigenvalue weighted by Crippen LogP contribution is 2.20. The van der Waals surface area contributed by atoms with Gasteiger partial charge in [0, 0.05) is 19.1 Å². The van der Waals surface area contributed by atoms with E-state index in [9.17, 15) is 18.0 Å². The predicted octanol–water partition coefficient (Wildman–Crippen LogP) is 1.86. The Kier molecular flexibility index (Phi) is 7.45. The van der Waals surface area contributed by atoms with Crippen LogP contribution in [0.2, 0.25) is 0 Å². The summed E-state index contributed by atoms with van der Waals surface area (Å²) >= 11 is 0. The molecule has 1 N–H and O–H groups in total. The van der Waals surface area contributed by atoms with Gasteiger partial charge in [-0.15, -0.1) is 0 Å². The summed E-state index contributed by atoms with van der Waals surface area (Å²) in [5.74, 6) is -0.414. The largest absolute Gasteiger partial charge is 0.406 e. The number of nitrogens with one attached hydrogen (secondary N) is 1. The van der Waals surface area contributed by atoms with E-state index in [1.54, 1.807) is 0 Å². The number of rotatable bonds is 6. The summed E-state index contributed by atoms with van der Waals surface area (Å²) in [6, 6.07) is -0.343. The zero-order valence-electron chi connectivity index (χ0n) is 12.9. The van der Waals surface area contributed by atoms with Crippen LogP contribution in [0.5, 0.6) is 0 Å². The first-order chi connectivity index (χ1) is 9.87. The summed E-state index contributed by atoms with van der Waals surface area (Å²) in [5, 5.41) is 3.22. The van der Waals surface area contributed by atoms with Gasteiger partial charge >= 0.3 is 6.18 Å². The lowest BCUT2D eigenvalue weighted by atomic mass is 10.1. The molecule has 1 aliphatic heterocycles. The molecule has 1 fully saturated rings. The number of carbonyl (C=O) groups excluding carboxylic acids is 1. The zero-order valence-corrected chi connectivity index (χ0v) is 12.9. The van der Waals surface area contributed by atoms with Gasteiger partial charge in [0.15, 0.2) is 0 Å². The van der Waals surface area contributed by atoms with E-state index in [-0.39, 0.29) is 12.6 Å². The molecule has 1 amide bonds. The average Bonchev–Trinajstić information content (AvgIpc) is 2.66. The number of carbonyl (C=O) groups is 1. The second kappa shape index (κ2) is 8.58. The Hall–Kier alpha value is -0.820. The Morgan fingerprint density at radius 2 is 1.90 bits per heavy atom. The van der Waals surface area contributed by atoms with E-state index >= 15 is 0 Å². The van der Waals surface area contributed by atoms with Crippen LogP contribution in [0.25, 0.3) is 0 Å². The molecule has 0 aromatic heterocycles. The van der Waals surface area contributed by atoms with Crippen LogP contribution in [-0.4, -0.2) is 67.2 Å². The van der Waals surface area contributed by atoms with Gasteiger partial charge in [-0.2, -0.15) is 13.2 Å². The molecule has 124 valence electrons. The molecule has 0 aromatic carbocycles. The summed E-state index contributed by atoms with van der Waals surface area (Å²) < 4.78 is 38.2. The highest BCUT2D eigenvalue weighted by molar-refractivity contribution is 5.78. The molecule has 7 heteroatoms. The number of nitrogens with zero attached hydrogens (tertiary/aromatic N) is 2. The van der Waals surface area contributed by atoms with Crippen LogP contribution in [0.4, 0.5) is 13.2 Å². The Balaban J connectivity index is 2.69. The van der Waals surface area contributed by atoms with Crippen molar-refractivity contribution in [2.24, 2.45) is 0 Å². The molecule has 1 aliphatic rings. The Labute approximate surface area is 124 Å². The van der Waals surface area contributed by atoms with Crippen LogP contribution in [0.1, 0.15) is 33.1 Å². The maximum Gasteiger partial charge on any atom is 0.406 e. The molecule has 0 atom stereocenters. The van der Waals surface area contributed by atoms with Gasteiger partial charge in [-0.05, 0) is 32.4 Å². The molecule has 1 rings (SSSR count). The Bertz CT molecular complexity index is 311. The van der Waals surface area contributed by atoms with Gasteiger partial charge in [0.2, 0.25) is 5.91 Å². The molecule has 0 unspecified atom stereocenters. The van der Waals surface area contributed by atoms with Crippen molar-refractivity contribution in [2.75, 3.05) is 39.3 Å². The molecule has 21 heavy (non-hydrogen) atoms. The van der Waals surface area contributed by atoms with E-state index in [1.165, 1.54) is 0 Å². The van der Waals surface area contributed by atoms with Gasteiger partial charge in [-0.3, -0.25) is 9.69 Å². The van der Waals surface area contributed by atoms with Gasteiger partial charge in [0.1, 0.15) is 6.54 Å². The maximum absolute atomic E-state index is 12.7. The molecule has 0 spiro atoms. The van der Waals surface area contributed by atoms with Crippen LogP contribution in [0.3, 0.4) is 0 Å². The summed E-state index contributed by atoms with van der Waals surface area (Å²) in [7, 11) is 0. The molecule has 0 aliphatic carbocycles. The Morgan fingerprint density at radius 1 is 1.24 bits per heavy atom. The van der Waals surface area contributed by atoms with Crippen LogP contribution in [0, 0.1) is 0 Å². The van der Waals surface area contributed by atoms with Gasteiger partial charge in [0.05, 0.1) is 6.54 Å². The third kappa shape index (κ3) is 6.65. The van der Waals surface area contributed by atoms with Crippen molar-refractivity contribution >= 4 is 5.91 Å². The lowest BCUT2D eigenvalue weighted by molar-refractivity contribution is -0.166. The van der Waals surface area contributed by atoms with E-state index in [2.05, 4.69) is 5.32 Å². The minimum atomic E-state index is -4.35. The number of hydrogen-bond acceptors (Lipinski definition) is 3. The monoisotopic (exact) mass is 309 g/mol. The SMILES string of the molecule is CCC(CC)N(CC(F)(F)F)C(=O)CN1CCCNCC1. The van der Waals surface area contributed by atoms with Crippen molar-refractivity contribution in [3.05, 3.63) is 0 Å². The standard InChI is InChI=1S/C14H26F3N3O/c1-3-12(4-2)20(11-14(15,16)17)13(21)10-19-8-5-6-18-7-9-19/h12,18H,3-11H2,1-2H3. The summed E-state index contributed by atoms with van der Waals surface area (Å²) in [4.78, 5) is 15.3. The predicted molar refractivity (Wildman–Crippen MR) is 76.1 cm³/mol. The van der Waals surface area contributed by atoms with Crippen LogP contribution < -0.4 is 5.32 Å². The zero-order chi connectivity index (χ0) is 15.9. The highest BCUT2D eigenvalue weighted by Gasteiger charge is 2.35. The fourth-order valence-electron chi connectivity index (χ4n) is 2.69. The second-order valence-corrected chi connectivity index (χ2v) is 5.49. The van der Waals surface area contributed by atoms with Crippen molar-refractivity contribution in [3.8, 4) is 0 Å². The molecule has 4 nitrogen and oxygen atoms in total. The minimum Gasteiger partial charge on any atom is -0.330 e. The van der Waals surface area contributed by atoms with E-state index < -0.39 is 18.6 Å². The van der Waals surface area contributed by atoms with E-state index in [4.69, 9.17) is 0 Å². The van der Waals surface area contributed by atoms with Crippen molar-refractivity contribution in [3.63, 3.8) is 0 Å². The van der Waals surface area contributed by atoms with Crippen LogP contribution in [0.15, 0.2) is 0 Å². The first-order valence-electron chi connectivity index (χ1n) is 7.66. The normalized spacial score (nSPS) is 17.8. The van der Waals surface area contributed by atoms with Crippen LogP contribution >= 0.6 is 0 Å². The average molecular weight is 309 g/mol. The highest BCUT2D eigenvalue weighted by atomic mass is 19.4. The number of hydrogen-bond donors (Lipinski definition) is 1. The van der Waals surface area contributed by atoms with Crippen molar-refractivity contribution in [1.82, 2.24) is 15.1 Å². The number of alkyl halides is 3. The fraction of sp³-hybridized carbons (Fsp3) is 0.929. The lowest BCUT2D eigenvalue weighted by Gasteiger charge is -2.33. The quantitative estimate of drug-likeness (QED) is 0.813. The first kappa shape index (κ1) is 18.2. The lowest BCUT2D eigenvalue weighted by Crippen LogP contribution is -2.49. The molecular formula is C14H26F3N3O. The van der Waals surface area contributed by atoms with E-state index in [0.29, 0.717) is 19.4 Å². The minimum absolute atomic E-state index is 0.0776. The summed E-state index contributed by atoms with van der Waals surface area (Å²) in [6.07, 6.45) is -2.35. The van der Waals surface area contributed by atoms with Gasteiger partial charge in [-0.25, -0.2) is 0 Å². The van der Waals surface area contributed by atoms with Gasteiger partial charge < -0.3 is 10.2 Å². The maximum atomic E-state index is 12.7. The third-order valence-electron chi connectivity index (χ3n) is 3.84. The molecular weight excluding hydrogens is 283 g/mol.